The largest absolute Gasteiger partial charge is 0.497 e. The molecule has 1 aromatic rings. The molecule has 1 heterocycles. The van der Waals surface area contributed by atoms with Gasteiger partial charge in [0.1, 0.15) is 11.4 Å². The molecule has 0 saturated heterocycles. The van der Waals surface area contributed by atoms with Crippen molar-refractivity contribution in [1.82, 2.24) is 4.90 Å². The minimum Gasteiger partial charge on any atom is -0.497 e. The normalized spacial score (nSPS) is 18.5. The average Bonchev–Trinajstić information content (AvgIpc) is 2.46. The van der Waals surface area contributed by atoms with Gasteiger partial charge >= 0.3 is 6.09 Å². The lowest BCUT2D eigenvalue weighted by atomic mass is 9.96. The van der Waals surface area contributed by atoms with E-state index in [1.54, 1.807) is 12.0 Å². The highest BCUT2D eigenvalue weighted by atomic mass is 16.6. The van der Waals surface area contributed by atoms with Gasteiger partial charge in [-0.2, -0.15) is 0 Å². The molecular formula is C17H23NO3. The first kappa shape index (κ1) is 15.4. The van der Waals surface area contributed by atoms with Gasteiger partial charge in [-0.25, -0.2) is 4.79 Å². The van der Waals surface area contributed by atoms with Crippen molar-refractivity contribution >= 4 is 6.09 Å². The zero-order valence-corrected chi connectivity index (χ0v) is 13.1. The first-order valence-corrected chi connectivity index (χ1v) is 7.17. The van der Waals surface area contributed by atoms with Gasteiger partial charge in [-0.15, -0.1) is 0 Å². The van der Waals surface area contributed by atoms with Crippen LogP contribution in [0.2, 0.25) is 0 Å². The Bertz CT molecular complexity index is 531. The Morgan fingerprint density at radius 1 is 1.33 bits per heavy atom. The second-order valence-electron chi connectivity index (χ2n) is 6.20. The zero-order valence-electron chi connectivity index (χ0n) is 13.1. The second-order valence-corrected chi connectivity index (χ2v) is 6.20. The maximum absolute atomic E-state index is 12.2. The molecule has 4 nitrogen and oxygen atoms in total. The summed E-state index contributed by atoms with van der Waals surface area (Å²) in [6.07, 6.45) is 3.88. The van der Waals surface area contributed by atoms with Gasteiger partial charge in [-0.3, -0.25) is 0 Å². The number of ether oxygens (including phenoxy) is 2. The van der Waals surface area contributed by atoms with Crippen LogP contribution >= 0.6 is 0 Å². The molecule has 2 rings (SSSR count). The fraction of sp³-hybridized carbons (Fsp3) is 0.471. The van der Waals surface area contributed by atoms with Crippen molar-refractivity contribution in [1.29, 1.82) is 0 Å². The summed E-state index contributed by atoms with van der Waals surface area (Å²) in [5.74, 6) is 0.997. The Balaban J connectivity index is 2.08. The molecule has 1 aromatic carbocycles. The first-order chi connectivity index (χ1) is 9.89. The number of rotatable bonds is 2. The molecule has 0 unspecified atom stereocenters. The van der Waals surface area contributed by atoms with Crippen LogP contribution in [0.4, 0.5) is 4.79 Å². The predicted molar refractivity (Wildman–Crippen MR) is 82.7 cm³/mol. The molecule has 1 amide bonds. The summed E-state index contributed by atoms with van der Waals surface area (Å²) in [6, 6.07) is 7.94. The SMILES string of the molecule is COc1cccc([C@H]2C=CCN(C(=O)OC(C)(C)C)C2)c1. The lowest BCUT2D eigenvalue weighted by molar-refractivity contribution is 0.0259. The van der Waals surface area contributed by atoms with Crippen molar-refractivity contribution in [2.45, 2.75) is 32.3 Å². The molecule has 0 spiro atoms. The van der Waals surface area contributed by atoms with E-state index in [0.29, 0.717) is 13.1 Å². The van der Waals surface area contributed by atoms with E-state index in [4.69, 9.17) is 9.47 Å². The lowest BCUT2D eigenvalue weighted by Gasteiger charge is -2.31. The number of hydrogen-bond acceptors (Lipinski definition) is 3. The topological polar surface area (TPSA) is 38.8 Å². The summed E-state index contributed by atoms with van der Waals surface area (Å²) in [7, 11) is 1.66. The number of amides is 1. The molecular weight excluding hydrogens is 266 g/mol. The first-order valence-electron chi connectivity index (χ1n) is 7.17. The van der Waals surface area contributed by atoms with Gasteiger partial charge in [0.2, 0.25) is 0 Å². The Morgan fingerprint density at radius 3 is 2.76 bits per heavy atom. The van der Waals surface area contributed by atoms with Crippen LogP contribution in [-0.2, 0) is 4.74 Å². The molecule has 0 saturated carbocycles. The zero-order chi connectivity index (χ0) is 15.5. The van der Waals surface area contributed by atoms with Crippen molar-refractivity contribution in [3.63, 3.8) is 0 Å². The molecule has 0 N–H and O–H groups in total. The van der Waals surface area contributed by atoms with Crippen LogP contribution in [0.1, 0.15) is 32.3 Å². The number of benzene rings is 1. The molecule has 0 aliphatic carbocycles. The van der Waals surface area contributed by atoms with Gasteiger partial charge in [-0.1, -0.05) is 24.3 Å². The van der Waals surface area contributed by atoms with E-state index < -0.39 is 5.60 Å². The summed E-state index contributed by atoms with van der Waals surface area (Å²) in [6.45, 7) is 6.85. The third kappa shape index (κ3) is 4.25. The average molecular weight is 289 g/mol. The number of carbonyl (C=O) groups is 1. The van der Waals surface area contributed by atoms with Gasteiger partial charge in [0.15, 0.2) is 0 Å². The standard InChI is InChI=1S/C17H23NO3/c1-17(2,3)21-16(19)18-10-6-8-14(12-18)13-7-5-9-15(11-13)20-4/h5-9,11,14H,10,12H2,1-4H3/t14-/m0/s1. The highest BCUT2D eigenvalue weighted by Gasteiger charge is 2.26. The van der Waals surface area contributed by atoms with Crippen LogP contribution in [0.15, 0.2) is 36.4 Å². The lowest BCUT2D eigenvalue weighted by Crippen LogP contribution is -2.40. The summed E-state index contributed by atoms with van der Waals surface area (Å²) in [5, 5.41) is 0. The van der Waals surface area contributed by atoms with E-state index in [2.05, 4.69) is 12.1 Å². The third-order valence-electron chi connectivity index (χ3n) is 3.28. The second kappa shape index (κ2) is 6.20. The van der Waals surface area contributed by atoms with Crippen molar-refractivity contribution < 1.29 is 14.3 Å². The smallest absolute Gasteiger partial charge is 0.410 e. The van der Waals surface area contributed by atoms with Crippen LogP contribution in [-0.4, -0.2) is 36.8 Å². The minimum atomic E-state index is -0.469. The van der Waals surface area contributed by atoms with Gasteiger partial charge in [0, 0.05) is 19.0 Å². The van der Waals surface area contributed by atoms with Crippen molar-refractivity contribution in [3.05, 3.63) is 42.0 Å². The van der Waals surface area contributed by atoms with Crippen molar-refractivity contribution in [2.75, 3.05) is 20.2 Å². The number of methoxy groups -OCH3 is 1. The predicted octanol–water partition coefficient (Wildman–Crippen LogP) is 3.59. The molecule has 1 atom stereocenters. The Kier molecular flexibility index (Phi) is 4.56. The van der Waals surface area contributed by atoms with Crippen LogP contribution in [0, 0.1) is 0 Å². The Hall–Kier alpha value is -1.97. The number of nitrogens with zero attached hydrogens (tertiary/aromatic N) is 1. The maximum atomic E-state index is 12.2. The molecule has 0 aromatic heterocycles. The molecule has 1 aliphatic rings. The molecule has 0 bridgehead atoms. The van der Waals surface area contributed by atoms with E-state index in [1.165, 1.54) is 0 Å². The molecule has 21 heavy (non-hydrogen) atoms. The van der Waals surface area contributed by atoms with Gasteiger partial charge in [0.05, 0.1) is 7.11 Å². The van der Waals surface area contributed by atoms with E-state index >= 15 is 0 Å². The molecule has 0 radical (unpaired) electrons. The quantitative estimate of drug-likeness (QED) is 0.781. The fourth-order valence-corrected chi connectivity index (χ4v) is 2.29. The molecule has 0 fully saturated rings. The third-order valence-corrected chi connectivity index (χ3v) is 3.28. The Morgan fingerprint density at radius 2 is 2.10 bits per heavy atom. The monoisotopic (exact) mass is 289 g/mol. The summed E-state index contributed by atoms with van der Waals surface area (Å²) in [5.41, 5.74) is 0.669. The summed E-state index contributed by atoms with van der Waals surface area (Å²) in [4.78, 5) is 13.9. The van der Waals surface area contributed by atoms with Gasteiger partial charge in [-0.05, 0) is 38.5 Å². The van der Waals surface area contributed by atoms with E-state index in [1.807, 2.05) is 45.0 Å². The fourth-order valence-electron chi connectivity index (χ4n) is 2.29. The van der Waals surface area contributed by atoms with E-state index in [-0.39, 0.29) is 12.0 Å². The summed E-state index contributed by atoms with van der Waals surface area (Å²) >= 11 is 0. The number of carbonyl (C=O) groups excluding carboxylic acids is 1. The molecule has 1 aliphatic heterocycles. The van der Waals surface area contributed by atoms with Crippen LogP contribution in [0.5, 0.6) is 5.75 Å². The molecule has 4 heteroatoms. The minimum absolute atomic E-state index is 0.168. The van der Waals surface area contributed by atoms with Crippen molar-refractivity contribution in [3.8, 4) is 5.75 Å². The Labute approximate surface area is 126 Å². The summed E-state index contributed by atoms with van der Waals surface area (Å²) < 4.78 is 10.7. The van der Waals surface area contributed by atoms with Crippen LogP contribution < -0.4 is 4.74 Å². The van der Waals surface area contributed by atoms with Gasteiger partial charge in [0.25, 0.3) is 0 Å². The van der Waals surface area contributed by atoms with Crippen LogP contribution in [0.3, 0.4) is 0 Å². The van der Waals surface area contributed by atoms with E-state index in [0.717, 1.165) is 11.3 Å². The van der Waals surface area contributed by atoms with Crippen molar-refractivity contribution in [2.24, 2.45) is 0 Å². The number of hydrogen-bond donors (Lipinski definition) is 0. The van der Waals surface area contributed by atoms with Crippen LogP contribution in [0.25, 0.3) is 0 Å². The maximum Gasteiger partial charge on any atom is 0.410 e. The highest BCUT2D eigenvalue weighted by molar-refractivity contribution is 5.68. The van der Waals surface area contributed by atoms with Gasteiger partial charge < -0.3 is 14.4 Å². The highest BCUT2D eigenvalue weighted by Crippen LogP contribution is 2.26. The molecule has 114 valence electrons. The van der Waals surface area contributed by atoms with E-state index in [9.17, 15) is 4.79 Å².